The van der Waals surface area contributed by atoms with Gasteiger partial charge in [0, 0.05) is 41.0 Å². The summed E-state index contributed by atoms with van der Waals surface area (Å²) in [7, 11) is 1.56. The second-order valence-corrected chi connectivity index (χ2v) is 9.24. The van der Waals surface area contributed by atoms with Crippen molar-refractivity contribution in [1.29, 1.82) is 0 Å². The highest BCUT2D eigenvalue weighted by Crippen LogP contribution is 2.37. The Morgan fingerprint density at radius 2 is 2.06 bits per heavy atom. The molecule has 0 radical (unpaired) electrons. The van der Waals surface area contributed by atoms with Crippen molar-refractivity contribution in [2.45, 2.75) is 32.4 Å². The summed E-state index contributed by atoms with van der Waals surface area (Å²) in [5, 5.41) is 13.1. The number of thiophene rings is 1. The Morgan fingerprint density at radius 3 is 2.88 bits per heavy atom. The molecule has 1 aliphatic heterocycles. The maximum absolute atomic E-state index is 13.7. The molecule has 5 nitrogen and oxygen atoms in total. The lowest BCUT2D eigenvalue weighted by molar-refractivity contribution is 0.0721. The van der Waals surface area contributed by atoms with Crippen molar-refractivity contribution in [3.63, 3.8) is 0 Å². The summed E-state index contributed by atoms with van der Waals surface area (Å²) in [5.74, 6) is 0.896. The number of nitrogens with zero attached hydrogens (tertiary/aromatic N) is 2. The molecule has 1 atom stereocenters. The second-order valence-electron chi connectivity index (χ2n) is 8.24. The molecule has 1 unspecified atom stereocenters. The first kappa shape index (κ1) is 20.6. The lowest BCUT2D eigenvalue weighted by atomic mass is 9.89. The number of aryl methyl sites for hydroxylation is 1. The van der Waals surface area contributed by atoms with Gasteiger partial charge in [-0.2, -0.15) is 0 Å². The van der Waals surface area contributed by atoms with E-state index in [4.69, 9.17) is 4.74 Å². The minimum absolute atomic E-state index is 0.0840. The third kappa shape index (κ3) is 3.54. The molecule has 164 valence electrons. The standard InChI is InChI=1S/C26H26N2O3S/c1-3-27-15-21(20-6-4-5-7-22(20)27)26(30)28-14-18(19-10-11-32-25(19)16-28)12-17-8-9-23(29)24(13-17)31-2/h4-11,13,15,18,29H,3,12,14,16H2,1-2H3. The van der Waals surface area contributed by atoms with Gasteiger partial charge in [-0.15, -0.1) is 11.3 Å². The lowest BCUT2D eigenvalue weighted by Crippen LogP contribution is -2.38. The predicted octanol–water partition coefficient (Wildman–Crippen LogP) is 5.42. The normalized spacial score (nSPS) is 15.7. The number of phenolic OH excluding ortho intramolecular Hbond substituents is 1. The number of aromatic hydroxyl groups is 1. The fourth-order valence-corrected chi connectivity index (χ4v) is 5.74. The highest BCUT2D eigenvalue weighted by atomic mass is 32.1. The number of methoxy groups -OCH3 is 1. The molecule has 1 aliphatic rings. The SMILES string of the molecule is CCn1cc(C(=O)N2Cc3sccc3C(Cc3ccc(O)c(OC)c3)C2)c2ccccc21. The van der Waals surface area contributed by atoms with Gasteiger partial charge in [-0.25, -0.2) is 0 Å². The van der Waals surface area contributed by atoms with Crippen molar-refractivity contribution in [3.05, 3.63) is 81.7 Å². The number of rotatable bonds is 5. The molecule has 4 aromatic rings. The Hall–Kier alpha value is -3.25. The van der Waals surface area contributed by atoms with E-state index in [-0.39, 0.29) is 17.6 Å². The van der Waals surface area contributed by atoms with Crippen LogP contribution in [0.4, 0.5) is 0 Å². The van der Waals surface area contributed by atoms with E-state index in [9.17, 15) is 9.90 Å². The van der Waals surface area contributed by atoms with Gasteiger partial charge in [0.2, 0.25) is 0 Å². The van der Waals surface area contributed by atoms with Crippen molar-refractivity contribution in [2.75, 3.05) is 13.7 Å². The van der Waals surface area contributed by atoms with Crippen LogP contribution in [0.1, 0.15) is 39.2 Å². The number of phenols is 1. The average Bonchev–Trinajstić information content (AvgIpc) is 3.44. The van der Waals surface area contributed by atoms with Gasteiger partial charge in [0.1, 0.15) is 0 Å². The maximum Gasteiger partial charge on any atom is 0.256 e. The van der Waals surface area contributed by atoms with Crippen molar-refractivity contribution in [1.82, 2.24) is 9.47 Å². The molecule has 1 N–H and O–H groups in total. The first-order valence-corrected chi connectivity index (χ1v) is 11.8. The van der Waals surface area contributed by atoms with Crippen molar-refractivity contribution >= 4 is 28.1 Å². The number of carbonyl (C=O) groups excluding carboxylic acids is 1. The van der Waals surface area contributed by atoms with Gasteiger partial charge in [-0.05, 0) is 54.1 Å². The van der Waals surface area contributed by atoms with Crippen LogP contribution in [0.5, 0.6) is 11.5 Å². The molecular weight excluding hydrogens is 420 g/mol. The highest BCUT2D eigenvalue weighted by molar-refractivity contribution is 7.10. The average molecular weight is 447 g/mol. The molecule has 3 heterocycles. The van der Waals surface area contributed by atoms with Crippen LogP contribution in [0, 0.1) is 0 Å². The van der Waals surface area contributed by atoms with Crippen LogP contribution in [0.15, 0.2) is 60.1 Å². The lowest BCUT2D eigenvalue weighted by Gasteiger charge is -2.33. The van der Waals surface area contributed by atoms with Crippen LogP contribution in [-0.4, -0.2) is 34.1 Å². The van der Waals surface area contributed by atoms with Crippen molar-refractivity contribution < 1.29 is 14.6 Å². The molecule has 0 bridgehead atoms. The van der Waals surface area contributed by atoms with Gasteiger partial charge in [-0.1, -0.05) is 24.3 Å². The number of amides is 1. The third-order valence-electron chi connectivity index (χ3n) is 6.37. The molecule has 6 heteroatoms. The van der Waals surface area contributed by atoms with Crippen molar-refractivity contribution in [3.8, 4) is 11.5 Å². The summed E-state index contributed by atoms with van der Waals surface area (Å²) < 4.78 is 7.43. The Morgan fingerprint density at radius 1 is 1.22 bits per heavy atom. The van der Waals surface area contributed by atoms with Crippen molar-refractivity contribution in [2.24, 2.45) is 0 Å². The number of hydrogen-bond donors (Lipinski definition) is 1. The van der Waals surface area contributed by atoms with Crippen LogP contribution in [0.25, 0.3) is 10.9 Å². The zero-order valence-corrected chi connectivity index (χ0v) is 19.1. The van der Waals surface area contributed by atoms with E-state index in [1.165, 1.54) is 10.4 Å². The molecule has 2 aromatic heterocycles. The number of para-hydroxylation sites is 1. The fourth-order valence-electron chi connectivity index (χ4n) is 4.76. The first-order valence-electron chi connectivity index (χ1n) is 10.9. The van der Waals surface area contributed by atoms with E-state index < -0.39 is 0 Å². The molecule has 0 spiro atoms. The largest absolute Gasteiger partial charge is 0.504 e. The summed E-state index contributed by atoms with van der Waals surface area (Å²) in [6, 6.07) is 15.8. The quantitative estimate of drug-likeness (QED) is 0.445. The molecule has 0 saturated heterocycles. The predicted molar refractivity (Wildman–Crippen MR) is 128 cm³/mol. The van der Waals surface area contributed by atoms with Gasteiger partial charge in [0.05, 0.1) is 19.2 Å². The van der Waals surface area contributed by atoms with Gasteiger partial charge >= 0.3 is 0 Å². The molecule has 0 saturated carbocycles. The molecule has 5 rings (SSSR count). The topological polar surface area (TPSA) is 54.7 Å². The zero-order chi connectivity index (χ0) is 22.2. The molecule has 0 aliphatic carbocycles. The van der Waals surface area contributed by atoms with E-state index >= 15 is 0 Å². The minimum Gasteiger partial charge on any atom is -0.504 e. The van der Waals surface area contributed by atoms with E-state index in [2.05, 4.69) is 29.0 Å². The summed E-state index contributed by atoms with van der Waals surface area (Å²) in [4.78, 5) is 16.9. The van der Waals surface area contributed by atoms with Gasteiger partial charge in [0.25, 0.3) is 5.91 Å². The van der Waals surface area contributed by atoms with Crippen LogP contribution < -0.4 is 4.74 Å². The fraction of sp³-hybridized carbons (Fsp3) is 0.269. The van der Waals surface area contributed by atoms with Gasteiger partial charge in [-0.3, -0.25) is 4.79 Å². The number of aromatic nitrogens is 1. The number of carbonyl (C=O) groups is 1. The Balaban J connectivity index is 1.46. The third-order valence-corrected chi connectivity index (χ3v) is 7.29. The zero-order valence-electron chi connectivity index (χ0n) is 18.2. The molecule has 0 fully saturated rings. The molecular formula is C26H26N2O3S. The first-order chi connectivity index (χ1) is 15.6. The number of fused-ring (bicyclic) bond motifs is 2. The van der Waals surface area contributed by atoms with Crippen LogP contribution in [0.2, 0.25) is 0 Å². The number of benzene rings is 2. The van der Waals surface area contributed by atoms with Crippen LogP contribution in [0.3, 0.4) is 0 Å². The van der Waals surface area contributed by atoms with E-state index in [0.717, 1.165) is 35.0 Å². The Kier molecular flexibility index (Phi) is 5.39. The molecule has 2 aromatic carbocycles. The minimum atomic E-state index is 0.0840. The van der Waals surface area contributed by atoms with Crippen LogP contribution >= 0.6 is 11.3 Å². The Bertz CT molecular complexity index is 1290. The number of ether oxygens (including phenoxy) is 1. The number of hydrogen-bond acceptors (Lipinski definition) is 4. The summed E-state index contributed by atoms with van der Waals surface area (Å²) in [6.45, 7) is 4.24. The van der Waals surface area contributed by atoms with Gasteiger partial charge in [0.15, 0.2) is 11.5 Å². The molecule has 32 heavy (non-hydrogen) atoms. The maximum atomic E-state index is 13.7. The summed E-state index contributed by atoms with van der Waals surface area (Å²) in [5.41, 5.74) is 4.27. The van der Waals surface area contributed by atoms with Crippen LogP contribution in [-0.2, 0) is 19.5 Å². The smallest absolute Gasteiger partial charge is 0.256 e. The van der Waals surface area contributed by atoms with E-state index in [1.807, 2.05) is 41.4 Å². The second kappa shape index (κ2) is 8.36. The van der Waals surface area contributed by atoms with Gasteiger partial charge < -0.3 is 19.3 Å². The monoisotopic (exact) mass is 446 g/mol. The summed E-state index contributed by atoms with van der Waals surface area (Å²) in [6.07, 6.45) is 2.78. The molecule has 1 amide bonds. The Labute approximate surface area is 191 Å². The van der Waals surface area contributed by atoms with E-state index in [0.29, 0.717) is 18.8 Å². The highest BCUT2D eigenvalue weighted by Gasteiger charge is 2.31. The van der Waals surface area contributed by atoms with E-state index in [1.54, 1.807) is 24.5 Å². The summed E-state index contributed by atoms with van der Waals surface area (Å²) >= 11 is 1.72.